The molecule has 2 heterocycles. The lowest BCUT2D eigenvalue weighted by Crippen LogP contribution is -2.16. The van der Waals surface area contributed by atoms with Crippen molar-refractivity contribution in [3.8, 4) is 11.1 Å². The first kappa shape index (κ1) is 25.9. The second-order valence-electron chi connectivity index (χ2n) is 12.9. The molecule has 46 heavy (non-hydrogen) atoms. The quantitative estimate of drug-likeness (QED) is 0.199. The standard InChI is InChI=1S/C43H29NOS/c1-43(2)33-17-8-5-15-30(33)41-34(43)18-11-19-35(41)44(27-22-23-38-32(25-27)29-14-6-9-20-37(29)45-38)36-24-26-12-3-4-13-28(26)40-31-16-7-10-21-39(31)46-42(36)40/h3-25H,1-2H3. The number of para-hydroxylation sites is 1. The predicted molar refractivity (Wildman–Crippen MR) is 196 cm³/mol. The summed E-state index contributed by atoms with van der Waals surface area (Å²) in [7, 11) is 0. The molecule has 0 saturated heterocycles. The molecule has 218 valence electrons. The Balaban J connectivity index is 1.36. The average molecular weight is 608 g/mol. The summed E-state index contributed by atoms with van der Waals surface area (Å²) in [6, 6.07) is 50.9. The number of hydrogen-bond donors (Lipinski definition) is 0. The van der Waals surface area contributed by atoms with Gasteiger partial charge in [0.05, 0.1) is 16.1 Å². The van der Waals surface area contributed by atoms with Crippen LogP contribution in [0.5, 0.6) is 0 Å². The minimum Gasteiger partial charge on any atom is -0.456 e. The Hall–Kier alpha value is -5.38. The van der Waals surface area contributed by atoms with E-state index in [1.807, 2.05) is 17.4 Å². The van der Waals surface area contributed by atoms with Gasteiger partial charge in [-0.25, -0.2) is 0 Å². The topological polar surface area (TPSA) is 16.4 Å². The second-order valence-corrected chi connectivity index (χ2v) is 14.0. The van der Waals surface area contributed by atoms with Gasteiger partial charge in [0, 0.05) is 42.9 Å². The van der Waals surface area contributed by atoms with Crippen LogP contribution in [-0.4, -0.2) is 0 Å². The van der Waals surface area contributed by atoms with Crippen LogP contribution in [0.3, 0.4) is 0 Å². The number of rotatable bonds is 3. The molecule has 0 radical (unpaired) electrons. The van der Waals surface area contributed by atoms with Gasteiger partial charge in [-0.2, -0.15) is 0 Å². The first-order chi connectivity index (χ1) is 22.6. The van der Waals surface area contributed by atoms with Crippen molar-refractivity contribution in [2.45, 2.75) is 19.3 Å². The maximum absolute atomic E-state index is 6.30. The molecular weight excluding hydrogens is 579 g/mol. The van der Waals surface area contributed by atoms with E-state index in [-0.39, 0.29) is 5.41 Å². The molecule has 0 bridgehead atoms. The molecule has 0 atom stereocenters. The fourth-order valence-corrected chi connectivity index (χ4v) is 9.13. The van der Waals surface area contributed by atoms with Crippen LogP contribution < -0.4 is 4.90 Å². The van der Waals surface area contributed by atoms with E-state index in [9.17, 15) is 0 Å². The molecular formula is C43H29NOS. The van der Waals surface area contributed by atoms with Gasteiger partial charge in [-0.3, -0.25) is 0 Å². The highest BCUT2D eigenvalue weighted by molar-refractivity contribution is 7.26. The van der Waals surface area contributed by atoms with Crippen LogP contribution in [0.1, 0.15) is 25.0 Å². The predicted octanol–water partition coefficient (Wildman–Crippen LogP) is 12.9. The number of anilines is 3. The smallest absolute Gasteiger partial charge is 0.135 e. The molecule has 10 rings (SSSR count). The van der Waals surface area contributed by atoms with E-state index >= 15 is 0 Å². The monoisotopic (exact) mass is 607 g/mol. The first-order valence-corrected chi connectivity index (χ1v) is 16.7. The van der Waals surface area contributed by atoms with Gasteiger partial charge in [0.15, 0.2) is 0 Å². The molecule has 7 aromatic carbocycles. The summed E-state index contributed by atoms with van der Waals surface area (Å²) in [5.41, 5.74) is 10.6. The molecule has 0 saturated carbocycles. The van der Waals surface area contributed by atoms with E-state index in [0.29, 0.717) is 0 Å². The first-order valence-electron chi connectivity index (χ1n) is 15.9. The van der Waals surface area contributed by atoms with Crippen LogP contribution in [0.25, 0.3) is 64.0 Å². The Kier molecular flexibility index (Phi) is 5.25. The summed E-state index contributed by atoms with van der Waals surface area (Å²) in [5.74, 6) is 0. The normalized spacial score (nSPS) is 13.6. The lowest BCUT2D eigenvalue weighted by molar-refractivity contribution is 0.660. The van der Waals surface area contributed by atoms with Crippen molar-refractivity contribution in [1.29, 1.82) is 0 Å². The van der Waals surface area contributed by atoms with Crippen LogP contribution >= 0.6 is 11.3 Å². The van der Waals surface area contributed by atoms with E-state index in [0.717, 1.165) is 27.6 Å². The summed E-state index contributed by atoms with van der Waals surface area (Å²) in [5, 5.41) is 7.42. The van der Waals surface area contributed by atoms with Gasteiger partial charge in [0.1, 0.15) is 11.2 Å². The van der Waals surface area contributed by atoms with Crippen LogP contribution in [0.2, 0.25) is 0 Å². The molecule has 0 spiro atoms. The zero-order valence-corrected chi connectivity index (χ0v) is 26.4. The van der Waals surface area contributed by atoms with E-state index in [1.165, 1.54) is 64.6 Å². The van der Waals surface area contributed by atoms with Gasteiger partial charge in [-0.05, 0) is 69.9 Å². The zero-order chi connectivity index (χ0) is 30.6. The molecule has 2 nitrogen and oxygen atoms in total. The zero-order valence-electron chi connectivity index (χ0n) is 25.5. The number of fused-ring (bicyclic) bond motifs is 11. The van der Waals surface area contributed by atoms with Crippen molar-refractivity contribution >= 4 is 81.3 Å². The maximum Gasteiger partial charge on any atom is 0.135 e. The molecule has 9 aromatic rings. The van der Waals surface area contributed by atoms with E-state index in [1.54, 1.807) is 0 Å². The number of benzene rings is 7. The Morgan fingerprint density at radius 1 is 0.565 bits per heavy atom. The largest absolute Gasteiger partial charge is 0.456 e. The van der Waals surface area contributed by atoms with Gasteiger partial charge in [0.25, 0.3) is 0 Å². The van der Waals surface area contributed by atoms with Crippen molar-refractivity contribution < 1.29 is 4.42 Å². The van der Waals surface area contributed by atoms with E-state index in [2.05, 4.69) is 152 Å². The average Bonchev–Trinajstić information content (AvgIpc) is 3.74. The molecule has 0 fully saturated rings. The minimum absolute atomic E-state index is 0.103. The summed E-state index contributed by atoms with van der Waals surface area (Å²) in [4.78, 5) is 2.52. The fourth-order valence-electron chi connectivity index (χ4n) is 7.91. The van der Waals surface area contributed by atoms with E-state index < -0.39 is 0 Å². The Labute approximate surface area is 270 Å². The molecule has 1 aliphatic rings. The Morgan fingerprint density at radius 2 is 1.28 bits per heavy atom. The van der Waals surface area contributed by atoms with Gasteiger partial charge in [-0.1, -0.05) is 111 Å². The number of nitrogens with zero attached hydrogens (tertiary/aromatic N) is 1. The van der Waals surface area contributed by atoms with Crippen molar-refractivity contribution in [3.05, 3.63) is 151 Å². The Bertz CT molecular complexity index is 2690. The lowest BCUT2D eigenvalue weighted by Gasteiger charge is -2.29. The van der Waals surface area contributed by atoms with Crippen LogP contribution in [-0.2, 0) is 5.41 Å². The van der Waals surface area contributed by atoms with Crippen molar-refractivity contribution in [3.63, 3.8) is 0 Å². The maximum atomic E-state index is 6.30. The Morgan fingerprint density at radius 3 is 2.20 bits per heavy atom. The third-order valence-electron chi connectivity index (χ3n) is 10.0. The lowest BCUT2D eigenvalue weighted by atomic mass is 9.82. The number of furan rings is 1. The molecule has 0 N–H and O–H groups in total. The van der Waals surface area contributed by atoms with Crippen molar-refractivity contribution in [1.82, 2.24) is 0 Å². The second kappa shape index (κ2) is 9.32. The number of thiophene rings is 1. The van der Waals surface area contributed by atoms with Crippen molar-refractivity contribution in [2.24, 2.45) is 0 Å². The molecule has 3 heteroatoms. The summed E-state index contributed by atoms with van der Waals surface area (Å²) in [6.45, 7) is 4.71. The third-order valence-corrected chi connectivity index (χ3v) is 11.2. The molecule has 2 aromatic heterocycles. The van der Waals surface area contributed by atoms with Crippen LogP contribution in [0.4, 0.5) is 17.1 Å². The fraction of sp³-hybridized carbons (Fsp3) is 0.0698. The van der Waals surface area contributed by atoms with Crippen LogP contribution in [0, 0.1) is 0 Å². The molecule has 0 amide bonds. The third kappa shape index (κ3) is 3.46. The van der Waals surface area contributed by atoms with Gasteiger partial charge in [-0.15, -0.1) is 11.3 Å². The number of hydrogen-bond acceptors (Lipinski definition) is 3. The SMILES string of the molecule is CC1(C)c2ccccc2-c2c(N(c3ccc4oc5ccccc5c4c3)c3cc4ccccc4c4c3sc3ccccc34)cccc21. The van der Waals surface area contributed by atoms with Gasteiger partial charge < -0.3 is 9.32 Å². The summed E-state index contributed by atoms with van der Waals surface area (Å²) >= 11 is 1.89. The highest BCUT2D eigenvalue weighted by Crippen LogP contribution is 2.56. The van der Waals surface area contributed by atoms with Crippen molar-refractivity contribution in [2.75, 3.05) is 4.90 Å². The van der Waals surface area contributed by atoms with Gasteiger partial charge in [0.2, 0.25) is 0 Å². The van der Waals surface area contributed by atoms with Crippen LogP contribution in [0.15, 0.2) is 144 Å². The summed E-state index contributed by atoms with van der Waals surface area (Å²) in [6.07, 6.45) is 0. The molecule has 0 unspecified atom stereocenters. The van der Waals surface area contributed by atoms with Gasteiger partial charge >= 0.3 is 0 Å². The minimum atomic E-state index is -0.103. The van der Waals surface area contributed by atoms with E-state index in [4.69, 9.17) is 4.42 Å². The summed E-state index contributed by atoms with van der Waals surface area (Å²) < 4.78 is 8.89. The highest BCUT2D eigenvalue weighted by Gasteiger charge is 2.38. The molecule has 0 aliphatic heterocycles. The molecule has 1 aliphatic carbocycles. The highest BCUT2D eigenvalue weighted by atomic mass is 32.1.